The number of pyridine rings is 1. The van der Waals surface area contributed by atoms with E-state index in [4.69, 9.17) is 0 Å². The Bertz CT molecular complexity index is 829. The number of carbonyl (C=O) groups is 1. The van der Waals surface area contributed by atoms with Gasteiger partial charge >= 0.3 is 0 Å². The number of hydrogen-bond acceptors (Lipinski definition) is 5. The van der Waals surface area contributed by atoms with Crippen LogP contribution in [0.2, 0.25) is 0 Å². The lowest BCUT2D eigenvalue weighted by atomic mass is 10.2. The number of rotatable bonds is 7. The molecule has 1 atom stereocenters. The second kappa shape index (κ2) is 7.17. The van der Waals surface area contributed by atoms with Crippen molar-refractivity contribution in [2.45, 2.75) is 37.5 Å². The average Bonchev–Trinajstić information content (AvgIpc) is 3.41. The SMILES string of the molecule is C=CCn1c(SCC(=O)N[C@@H](C)C2CC2)nc2ncccc2c1=O. The van der Waals surface area contributed by atoms with Gasteiger partial charge in [0.15, 0.2) is 10.8 Å². The highest BCUT2D eigenvalue weighted by molar-refractivity contribution is 7.99. The van der Waals surface area contributed by atoms with Crippen molar-refractivity contribution in [3.05, 3.63) is 41.3 Å². The number of hydrogen-bond donors (Lipinski definition) is 1. The van der Waals surface area contributed by atoms with Gasteiger partial charge in [0.05, 0.1) is 11.1 Å². The van der Waals surface area contributed by atoms with E-state index in [1.807, 2.05) is 6.92 Å². The van der Waals surface area contributed by atoms with Crippen molar-refractivity contribution in [2.75, 3.05) is 5.75 Å². The number of allylic oxidation sites excluding steroid dienone is 1. The van der Waals surface area contributed by atoms with Gasteiger partial charge in [0, 0.05) is 18.8 Å². The molecule has 1 fully saturated rings. The zero-order valence-corrected chi connectivity index (χ0v) is 14.4. The summed E-state index contributed by atoms with van der Waals surface area (Å²) in [5.74, 6) is 0.791. The number of nitrogens with one attached hydrogen (secondary N) is 1. The number of thioether (sulfide) groups is 1. The number of nitrogens with zero attached hydrogens (tertiary/aromatic N) is 3. The van der Waals surface area contributed by atoms with Crippen LogP contribution in [0.5, 0.6) is 0 Å². The van der Waals surface area contributed by atoms with Gasteiger partial charge in [-0.2, -0.15) is 0 Å². The van der Waals surface area contributed by atoms with Crippen LogP contribution in [0.1, 0.15) is 19.8 Å². The first-order chi connectivity index (χ1) is 11.6. The lowest BCUT2D eigenvalue weighted by Crippen LogP contribution is -2.35. The van der Waals surface area contributed by atoms with Crippen LogP contribution >= 0.6 is 11.8 Å². The highest BCUT2D eigenvalue weighted by atomic mass is 32.2. The van der Waals surface area contributed by atoms with Gasteiger partial charge < -0.3 is 5.32 Å². The summed E-state index contributed by atoms with van der Waals surface area (Å²) in [6, 6.07) is 3.62. The minimum atomic E-state index is -0.165. The fourth-order valence-corrected chi connectivity index (χ4v) is 3.38. The summed E-state index contributed by atoms with van der Waals surface area (Å²) in [5.41, 5.74) is 0.235. The fourth-order valence-electron chi connectivity index (χ4n) is 2.58. The molecule has 1 saturated carbocycles. The molecule has 2 aromatic heterocycles. The van der Waals surface area contributed by atoms with Gasteiger partial charge in [0.2, 0.25) is 5.91 Å². The minimum Gasteiger partial charge on any atom is -0.353 e. The number of fused-ring (bicyclic) bond motifs is 1. The summed E-state index contributed by atoms with van der Waals surface area (Å²) in [5, 5.41) is 3.96. The Morgan fingerprint density at radius 2 is 2.38 bits per heavy atom. The van der Waals surface area contributed by atoms with Crippen molar-refractivity contribution in [1.82, 2.24) is 19.9 Å². The normalized spacial score (nSPS) is 15.2. The summed E-state index contributed by atoms with van der Waals surface area (Å²) in [4.78, 5) is 33.3. The molecule has 126 valence electrons. The van der Waals surface area contributed by atoms with E-state index in [9.17, 15) is 9.59 Å². The van der Waals surface area contributed by atoms with Crippen LogP contribution in [0.15, 0.2) is 40.9 Å². The molecule has 1 N–H and O–H groups in total. The van der Waals surface area contributed by atoms with Crippen LogP contribution in [0.3, 0.4) is 0 Å². The molecule has 1 aliphatic carbocycles. The smallest absolute Gasteiger partial charge is 0.263 e. The fraction of sp³-hybridized carbons (Fsp3) is 0.412. The molecular formula is C17H20N4O2S. The third-order valence-corrected chi connectivity index (χ3v) is 5.03. The van der Waals surface area contributed by atoms with Crippen molar-refractivity contribution in [3.8, 4) is 0 Å². The van der Waals surface area contributed by atoms with Crippen LogP contribution in [0.4, 0.5) is 0 Å². The zero-order valence-electron chi connectivity index (χ0n) is 13.6. The van der Waals surface area contributed by atoms with Crippen LogP contribution in [-0.4, -0.2) is 32.2 Å². The quantitative estimate of drug-likeness (QED) is 0.472. The molecule has 7 heteroatoms. The van der Waals surface area contributed by atoms with Crippen molar-refractivity contribution in [3.63, 3.8) is 0 Å². The van der Waals surface area contributed by atoms with E-state index in [1.54, 1.807) is 24.4 Å². The van der Waals surface area contributed by atoms with Crippen LogP contribution < -0.4 is 10.9 Å². The topological polar surface area (TPSA) is 76.9 Å². The third-order valence-electron chi connectivity index (χ3n) is 4.06. The molecule has 0 bridgehead atoms. The predicted octanol–water partition coefficient (Wildman–Crippen LogP) is 1.98. The Morgan fingerprint density at radius 3 is 3.08 bits per heavy atom. The van der Waals surface area contributed by atoms with Gasteiger partial charge in [-0.1, -0.05) is 17.8 Å². The second-order valence-electron chi connectivity index (χ2n) is 5.96. The van der Waals surface area contributed by atoms with Crippen LogP contribution in [-0.2, 0) is 11.3 Å². The Hall–Kier alpha value is -2.15. The van der Waals surface area contributed by atoms with Crippen molar-refractivity contribution in [1.29, 1.82) is 0 Å². The van der Waals surface area contributed by atoms with E-state index in [-0.39, 0.29) is 23.3 Å². The lowest BCUT2D eigenvalue weighted by molar-refractivity contribution is -0.119. The molecule has 3 rings (SSSR count). The molecule has 1 aliphatic rings. The van der Waals surface area contributed by atoms with Crippen LogP contribution in [0.25, 0.3) is 11.0 Å². The summed E-state index contributed by atoms with van der Waals surface area (Å²) < 4.78 is 1.53. The Labute approximate surface area is 144 Å². The maximum Gasteiger partial charge on any atom is 0.263 e. The van der Waals surface area contributed by atoms with Crippen molar-refractivity contribution < 1.29 is 4.79 Å². The van der Waals surface area contributed by atoms with Gasteiger partial charge in [-0.3, -0.25) is 14.2 Å². The van der Waals surface area contributed by atoms with E-state index in [2.05, 4.69) is 21.9 Å². The maximum absolute atomic E-state index is 12.6. The molecule has 2 heterocycles. The van der Waals surface area contributed by atoms with Gasteiger partial charge in [-0.05, 0) is 37.8 Å². The Balaban J connectivity index is 1.79. The van der Waals surface area contributed by atoms with E-state index >= 15 is 0 Å². The number of aromatic nitrogens is 3. The maximum atomic E-state index is 12.6. The number of carbonyl (C=O) groups excluding carboxylic acids is 1. The first kappa shape index (κ1) is 16.7. The summed E-state index contributed by atoms with van der Waals surface area (Å²) in [7, 11) is 0. The van der Waals surface area contributed by atoms with E-state index in [0.29, 0.717) is 28.7 Å². The molecule has 0 unspecified atom stereocenters. The summed E-state index contributed by atoms with van der Waals surface area (Å²) in [6.07, 6.45) is 5.62. The van der Waals surface area contributed by atoms with Crippen LogP contribution in [0, 0.1) is 5.92 Å². The monoisotopic (exact) mass is 344 g/mol. The molecule has 0 radical (unpaired) electrons. The van der Waals surface area contributed by atoms with Crippen molar-refractivity contribution >= 4 is 28.7 Å². The van der Waals surface area contributed by atoms with Gasteiger partial charge in [-0.15, -0.1) is 6.58 Å². The third kappa shape index (κ3) is 3.67. The van der Waals surface area contributed by atoms with E-state index in [0.717, 1.165) is 0 Å². The number of amides is 1. The molecule has 0 saturated heterocycles. The predicted molar refractivity (Wildman–Crippen MR) is 95.0 cm³/mol. The molecule has 0 spiro atoms. The van der Waals surface area contributed by atoms with Gasteiger partial charge in [0.1, 0.15) is 0 Å². The minimum absolute atomic E-state index is 0.0417. The Kier molecular flexibility index (Phi) is 4.99. The molecular weight excluding hydrogens is 324 g/mol. The van der Waals surface area contributed by atoms with E-state index in [1.165, 1.54) is 29.2 Å². The first-order valence-corrected chi connectivity index (χ1v) is 8.97. The van der Waals surface area contributed by atoms with Crippen molar-refractivity contribution in [2.24, 2.45) is 5.92 Å². The highest BCUT2D eigenvalue weighted by Crippen LogP contribution is 2.32. The average molecular weight is 344 g/mol. The second-order valence-corrected chi connectivity index (χ2v) is 6.90. The molecule has 2 aromatic rings. The Morgan fingerprint density at radius 1 is 1.58 bits per heavy atom. The molecule has 24 heavy (non-hydrogen) atoms. The highest BCUT2D eigenvalue weighted by Gasteiger charge is 2.28. The molecule has 6 nitrogen and oxygen atoms in total. The summed E-state index contributed by atoms with van der Waals surface area (Å²) in [6.45, 7) is 6.07. The van der Waals surface area contributed by atoms with E-state index < -0.39 is 0 Å². The largest absolute Gasteiger partial charge is 0.353 e. The molecule has 0 aromatic carbocycles. The van der Waals surface area contributed by atoms with Gasteiger partial charge in [-0.25, -0.2) is 9.97 Å². The van der Waals surface area contributed by atoms with Gasteiger partial charge in [0.25, 0.3) is 5.56 Å². The summed E-state index contributed by atoms with van der Waals surface area (Å²) >= 11 is 1.25. The zero-order chi connectivity index (χ0) is 17.1. The molecule has 1 amide bonds. The molecule has 0 aliphatic heterocycles. The lowest BCUT2D eigenvalue weighted by Gasteiger charge is -2.14. The standard InChI is InChI=1S/C17H20N4O2S/c1-3-9-21-16(23)13-5-4-8-18-15(13)20-17(21)24-10-14(22)19-11(2)12-6-7-12/h3-5,8,11-12H,1,6-7,9-10H2,2H3,(H,19,22)/t11-/m0/s1. The first-order valence-electron chi connectivity index (χ1n) is 7.98.